The van der Waals surface area contributed by atoms with Gasteiger partial charge in [-0.3, -0.25) is 4.79 Å². The molecule has 0 spiro atoms. The molecule has 0 bridgehead atoms. The lowest BCUT2D eigenvalue weighted by atomic mass is 10.1. The van der Waals surface area contributed by atoms with Gasteiger partial charge in [0.15, 0.2) is 11.3 Å². The number of carbonyl (C=O) groups excluding carboxylic acids is 1. The average molecular weight is 392 g/mol. The summed E-state index contributed by atoms with van der Waals surface area (Å²) >= 11 is 0. The molecule has 29 heavy (non-hydrogen) atoms. The van der Waals surface area contributed by atoms with Crippen LogP contribution in [0.4, 0.5) is 11.4 Å². The first-order chi connectivity index (χ1) is 14.1. The van der Waals surface area contributed by atoms with E-state index in [1.165, 1.54) is 0 Å². The lowest BCUT2D eigenvalue weighted by Gasteiger charge is -2.28. The summed E-state index contributed by atoms with van der Waals surface area (Å²) in [5, 5.41) is 12.3. The highest BCUT2D eigenvalue weighted by Crippen LogP contribution is 2.28. The number of benzene rings is 2. The number of ether oxygens (including phenoxy) is 2. The van der Waals surface area contributed by atoms with Crippen LogP contribution < -0.4 is 10.2 Å². The molecule has 0 saturated carbocycles. The fraction of sp³-hybridized carbons (Fsp3) is 0.182. The van der Waals surface area contributed by atoms with Crippen LogP contribution in [0.15, 0.2) is 71.8 Å². The summed E-state index contributed by atoms with van der Waals surface area (Å²) in [7, 11) is 0. The number of Topliss-reactive ketones (excluding diaryl/α,β-unsaturated/α-hetero) is 1. The van der Waals surface area contributed by atoms with Gasteiger partial charge in [0.2, 0.25) is 11.7 Å². The minimum atomic E-state index is -1.33. The zero-order valence-corrected chi connectivity index (χ0v) is 15.6. The van der Waals surface area contributed by atoms with Crippen molar-refractivity contribution in [2.45, 2.75) is 0 Å². The highest BCUT2D eigenvalue weighted by atomic mass is 16.5. The number of hydrogen-bond acceptors (Lipinski definition) is 6. The van der Waals surface area contributed by atoms with E-state index < -0.39 is 17.3 Å². The molecule has 2 heterocycles. The van der Waals surface area contributed by atoms with E-state index in [-0.39, 0.29) is 11.6 Å². The maximum Gasteiger partial charge on any atom is 0.345 e. The quantitative estimate of drug-likeness (QED) is 0.597. The van der Waals surface area contributed by atoms with Crippen LogP contribution in [0.5, 0.6) is 0 Å². The van der Waals surface area contributed by atoms with E-state index in [0.29, 0.717) is 18.9 Å². The Morgan fingerprint density at radius 3 is 2.38 bits per heavy atom. The molecule has 2 aliphatic heterocycles. The molecule has 2 aromatic rings. The Morgan fingerprint density at radius 1 is 1.03 bits per heavy atom. The molecule has 2 aromatic carbocycles. The van der Waals surface area contributed by atoms with E-state index in [2.05, 4.69) is 10.2 Å². The lowest BCUT2D eigenvalue weighted by molar-refractivity contribution is -0.134. The van der Waals surface area contributed by atoms with Crippen molar-refractivity contribution in [2.24, 2.45) is 0 Å². The van der Waals surface area contributed by atoms with Gasteiger partial charge in [-0.15, -0.1) is 0 Å². The van der Waals surface area contributed by atoms with Crippen LogP contribution in [-0.4, -0.2) is 43.2 Å². The van der Waals surface area contributed by atoms with Gasteiger partial charge in [0, 0.05) is 24.5 Å². The second kappa shape index (κ2) is 8.20. The van der Waals surface area contributed by atoms with E-state index in [1.54, 1.807) is 30.3 Å². The summed E-state index contributed by atoms with van der Waals surface area (Å²) < 4.78 is 10.9. The Hall–Kier alpha value is -3.58. The second-order valence-electron chi connectivity index (χ2n) is 6.63. The molecule has 0 amide bonds. The molecule has 0 unspecified atom stereocenters. The first kappa shape index (κ1) is 18.8. The van der Waals surface area contributed by atoms with Crippen molar-refractivity contribution < 1.29 is 24.2 Å². The van der Waals surface area contributed by atoms with Crippen LogP contribution >= 0.6 is 0 Å². The van der Waals surface area contributed by atoms with Gasteiger partial charge in [-0.25, -0.2) is 4.79 Å². The zero-order chi connectivity index (χ0) is 20.2. The molecule has 0 aromatic heterocycles. The highest BCUT2D eigenvalue weighted by molar-refractivity contribution is 6.26. The van der Waals surface area contributed by atoms with Crippen molar-refractivity contribution in [2.75, 3.05) is 36.5 Å². The molecule has 0 radical (unpaired) electrons. The number of hydrogen-bond donors (Lipinski definition) is 2. The van der Waals surface area contributed by atoms with Crippen molar-refractivity contribution >= 4 is 29.2 Å². The molecule has 0 aliphatic carbocycles. The van der Waals surface area contributed by atoms with Crippen molar-refractivity contribution in [3.8, 4) is 0 Å². The number of allylic oxidation sites excluding steroid dienone is 1. The molecule has 1 fully saturated rings. The van der Waals surface area contributed by atoms with Gasteiger partial charge >= 0.3 is 5.97 Å². The molecule has 2 aliphatic rings. The van der Waals surface area contributed by atoms with Crippen molar-refractivity contribution in [1.29, 1.82) is 0 Å². The summed E-state index contributed by atoms with van der Waals surface area (Å²) in [4.78, 5) is 26.4. The van der Waals surface area contributed by atoms with E-state index in [9.17, 15) is 14.7 Å². The van der Waals surface area contributed by atoms with Crippen molar-refractivity contribution in [3.05, 3.63) is 77.4 Å². The molecule has 7 nitrogen and oxygen atoms in total. The number of carboxylic acids is 1. The third kappa shape index (κ3) is 4.14. The van der Waals surface area contributed by atoms with E-state index in [0.717, 1.165) is 24.3 Å². The van der Waals surface area contributed by atoms with Crippen molar-refractivity contribution in [1.82, 2.24) is 0 Å². The average Bonchev–Trinajstić information content (AvgIpc) is 3.05. The highest BCUT2D eigenvalue weighted by Gasteiger charge is 2.35. The molecular weight excluding hydrogens is 372 g/mol. The van der Waals surface area contributed by atoms with E-state index >= 15 is 0 Å². The van der Waals surface area contributed by atoms with E-state index in [1.807, 2.05) is 30.3 Å². The number of morpholine rings is 1. The first-order valence-corrected chi connectivity index (χ1v) is 9.28. The number of ketones is 1. The van der Waals surface area contributed by atoms with Crippen LogP contribution in [0, 0.1) is 0 Å². The Labute approximate surface area is 167 Å². The van der Waals surface area contributed by atoms with Crippen LogP contribution in [0.25, 0.3) is 6.08 Å². The van der Waals surface area contributed by atoms with Gasteiger partial charge < -0.3 is 24.8 Å². The van der Waals surface area contributed by atoms with Gasteiger partial charge in [0.25, 0.3) is 0 Å². The lowest BCUT2D eigenvalue weighted by Crippen LogP contribution is -2.36. The maximum absolute atomic E-state index is 12.6. The largest absolute Gasteiger partial charge is 0.477 e. The minimum absolute atomic E-state index is 0.0278. The van der Waals surface area contributed by atoms with E-state index in [4.69, 9.17) is 9.47 Å². The summed E-state index contributed by atoms with van der Waals surface area (Å²) in [5.41, 5.74) is 2.04. The van der Waals surface area contributed by atoms with Gasteiger partial charge in [0.05, 0.1) is 13.2 Å². The second-order valence-corrected chi connectivity index (χ2v) is 6.63. The summed E-state index contributed by atoms with van der Waals surface area (Å²) in [5.74, 6) is -2.10. The SMILES string of the molecule is O=C(O)C1=C(Nc2ccccc2)O/C(=C\c2ccc(N3CCOCC3)cc2)C1=O. The summed E-state index contributed by atoms with van der Waals surface area (Å²) in [6, 6.07) is 16.6. The van der Waals surface area contributed by atoms with Crippen LogP contribution in [0.3, 0.4) is 0 Å². The number of anilines is 2. The monoisotopic (exact) mass is 392 g/mol. The molecule has 4 rings (SSSR count). The zero-order valence-electron chi connectivity index (χ0n) is 15.6. The fourth-order valence-electron chi connectivity index (χ4n) is 3.22. The summed E-state index contributed by atoms with van der Waals surface area (Å²) in [6.07, 6.45) is 1.55. The van der Waals surface area contributed by atoms with Crippen LogP contribution in [0.2, 0.25) is 0 Å². The van der Waals surface area contributed by atoms with Crippen LogP contribution in [0.1, 0.15) is 5.56 Å². The standard InChI is InChI=1S/C22H20N2O5/c25-20-18(14-15-6-8-17(9-7-15)24-10-12-28-13-11-24)29-21(19(20)22(26)27)23-16-4-2-1-3-5-16/h1-9,14,23H,10-13H2,(H,26,27)/b18-14-. The fourth-order valence-corrected chi connectivity index (χ4v) is 3.22. The third-order valence-corrected chi connectivity index (χ3v) is 4.70. The number of nitrogens with one attached hydrogen (secondary N) is 1. The first-order valence-electron chi connectivity index (χ1n) is 9.28. The predicted molar refractivity (Wildman–Crippen MR) is 108 cm³/mol. The number of carboxylic acid groups (broad SMARTS) is 1. The number of para-hydroxylation sites is 1. The molecular formula is C22H20N2O5. The smallest absolute Gasteiger partial charge is 0.345 e. The number of nitrogens with zero attached hydrogens (tertiary/aromatic N) is 1. The maximum atomic E-state index is 12.6. The predicted octanol–water partition coefficient (Wildman–Crippen LogP) is 2.87. The minimum Gasteiger partial charge on any atom is -0.477 e. The molecule has 7 heteroatoms. The molecule has 0 atom stereocenters. The van der Waals surface area contributed by atoms with Gasteiger partial charge in [-0.1, -0.05) is 30.3 Å². The Balaban J connectivity index is 1.54. The van der Waals surface area contributed by atoms with Gasteiger partial charge in [-0.05, 0) is 35.9 Å². The molecule has 1 saturated heterocycles. The number of carbonyl (C=O) groups is 2. The molecule has 2 N–H and O–H groups in total. The number of aliphatic carboxylic acids is 1. The topological polar surface area (TPSA) is 88.1 Å². The Morgan fingerprint density at radius 2 is 1.72 bits per heavy atom. The van der Waals surface area contributed by atoms with Gasteiger partial charge in [0.1, 0.15) is 0 Å². The van der Waals surface area contributed by atoms with Gasteiger partial charge in [-0.2, -0.15) is 0 Å². The summed E-state index contributed by atoms with van der Waals surface area (Å²) in [6.45, 7) is 3.08. The number of rotatable bonds is 5. The Bertz CT molecular complexity index is 974. The van der Waals surface area contributed by atoms with Crippen molar-refractivity contribution in [3.63, 3.8) is 0 Å². The van der Waals surface area contributed by atoms with Crippen LogP contribution in [-0.2, 0) is 19.1 Å². The normalized spacial score (nSPS) is 18.1. The third-order valence-electron chi connectivity index (χ3n) is 4.70. The Kier molecular flexibility index (Phi) is 5.31. The molecule has 148 valence electrons.